The van der Waals surface area contributed by atoms with Crippen molar-refractivity contribution in [3.8, 4) is 0 Å². The zero-order chi connectivity index (χ0) is 13.7. The molecule has 1 aliphatic heterocycles. The van der Waals surface area contributed by atoms with Crippen LogP contribution < -0.4 is 5.32 Å². The van der Waals surface area contributed by atoms with Crippen molar-refractivity contribution in [2.24, 2.45) is 7.05 Å². The minimum absolute atomic E-state index is 0.199. The molecule has 1 amide bonds. The molecular weight excluding hydrogens is 246 g/mol. The molecule has 2 heterocycles. The molecule has 19 heavy (non-hydrogen) atoms. The van der Waals surface area contributed by atoms with Gasteiger partial charge in [0.15, 0.2) is 0 Å². The average molecular weight is 267 g/mol. The van der Waals surface area contributed by atoms with Crippen molar-refractivity contribution >= 4 is 6.09 Å². The number of rotatable bonds is 4. The minimum Gasteiger partial charge on any atom is -0.450 e. The Hall–Kier alpha value is -1.63. The summed E-state index contributed by atoms with van der Waals surface area (Å²) < 4.78 is 6.69. The first-order valence-electron chi connectivity index (χ1n) is 6.69. The molecule has 1 N–H and O–H groups in total. The average Bonchev–Trinajstić information content (AvgIpc) is 2.83. The standard InChI is InChI=1S/C12H21N5O2/c1-3-19-12(18)17-6-4-10(5-7-17)13-8-11-9-16(2)15-14-11/h9-10,13H,3-8H2,1-2H3. The van der Waals surface area contributed by atoms with Crippen LogP contribution in [0.4, 0.5) is 4.79 Å². The van der Waals surface area contributed by atoms with Gasteiger partial charge in [-0.25, -0.2) is 4.79 Å². The number of ether oxygens (including phenoxy) is 1. The minimum atomic E-state index is -0.199. The van der Waals surface area contributed by atoms with Crippen molar-refractivity contribution in [3.63, 3.8) is 0 Å². The van der Waals surface area contributed by atoms with Crippen LogP contribution in [-0.2, 0) is 18.3 Å². The van der Waals surface area contributed by atoms with Gasteiger partial charge in [0.05, 0.1) is 12.3 Å². The molecule has 1 fully saturated rings. The first kappa shape index (κ1) is 13.8. The van der Waals surface area contributed by atoms with Gasteiger partial charge in [-0.2, -0.15) is 0 Å². The van der Waals surface area contributed by atoms with Crippen LogP contribution in [0.5, 0.6) is 0 Å². The molecule has 0 aromatic carbocycles. The van der Waals surface area contributed by atoms with Gasteiger partial charge in [0.2, 0.25) is 0 Å². The predicted molar refractivity (Wildman–Crippen MR) is 69.5 cm³/mol. The lowest BCUT2D eigenvalue weighted by Gasteiger charge is -2.31. The summed E-state index contributed by atoms with van der Waals surface area (Å²) in [7, 11) is 1.86. The maximum Gasteiger partial charge on any atom is 0.409 e. The normalized spacial score (nSPS) is 16.6. The smallest absolute Gasteiger partial charge is 0.409 e. The van der Waals surface area contributed by atoms with E-state index in [1.807, 2.05) is 20.2 Å². The van der Waals surface area contributed by atoms with Crippen molar-refractivity contribution in [1.82, 2.24) is 25.2 Å². The van der Waals surface area contributed by atoms with Gasteiger partial charge in [-0.1, -0.05) is 5.21 Å². The largest absolute Gasteiger partial charge is 0.450 e. The van der Waals surface area contributed by atoms with E-state index in [-0.39, 0.29) is 6.09 Å². The van der Waals surface area contributed by atoms with E-state index in [0.29, 0.717) is 12.6 Å². The van der Waals surface area contributed by atoms with Crippen LogP contribution in [0.15, 0.2) is 6.20 Å². The first-order chi connectivity index (χ1) is 9.19. The summed E-state index contributed by atoms with van der Waals surface area (Å²) in [5.41, 5.74) is 0.940. The highest BCUT2D eigenvalue weighted by molar-refractivity contribution is 5.67. The molecule has 7 nitrogen and oxygen atoms in total. The summed E-state index contributed by atoms with van der Waals surface area (Å²) in [6.07, 6.45) is 3.59. The Morgan fingerprint density at radius 2 is 2.26 bits per heavy atom. The van der Waals surface area contributed by atoms with Gasteiger partial charge in [0.25, 0.3) is 0 Å². The van der Waals surface area contributed by atoms with E-state index in [2.05, 4.69) is 15.6 Å². The van der Waals surface area contributed by atoms with E-state index >= 15 is 0 Å². The topological polar surface area (TPSA) is 72.3 Å². The van der Waals surface area contributed by atoms with E-state index in [4.69, 9.17) is 4.74 Å². The van der Waals surface area contributed by atoms with Crippen molar-refractivity contribution in [1.29, 1.82) is 0 Å². The third kappa shape index (κ3) is 3.92. The van der Waals surface area contributed by atoms with Gasteiger partial charge in [0.1, 0.15) is 0 Å². The highest BCUT2D eigenvalue weighted by atomic mass is 16.6. The highest BCUT2D eigenvalue weighted by Crippen LogP contribution is 2.11. The number of aryl methyl sites for hydroxylation is 1. The maximum absolute atomic E-state index is 11.5. The molecule has 0 unspecified atom stereocenters. The molecule has 1 aromatic heterocycles. The lowest BCUT2D eigenvalue weighted by atomic mass is 10.1. The Balaban J connectivity index is 1.70. The number of aromatic nitrogens is 3. The Bertz CT molecular complexity index is 412. The number of nitrogens with zero attached hydrogens (tertiary/aromatic N) is 4. The van der Waals surface area contributed by atoms with Crippen molar-refractivity contribution in [3.05, 3.63) is 11.9 Å². The number of hydrogen-bond donors (Lipinski definition) is 1. The monoisotopic (exact) mass is 267 g/mol. The van der Waals surface area contributed by atoms with E-state index < -0.39 is 0 Å². The van der Waals surface area contributed by atoms with Crippen molar-refractivity contribution < 1.29 is 9.53 Å². The Labute approximate surface area is 112 Å². The number of amides is 1. The summed E-state index contributed by atoms with van der Waals surface area (Å²) in [5, 5.41) is 11.4. The molecular formula is C12H21N5O2. The second-order valence-electron chi connectivity index (χ2n) is 4.72. The van der Waals surface area contributed by atoms with Crippen LogP contribution in [0, 0.1) is 0 Å². The summed E-state index contributed by atoms with van der Waals surface area (Å²) >= 11 is 0. The van der Waals surface area contributed by atoms with E-state index in [0.717, 1.165) is 38.2 Å². The Morgan fingerprint density at radius 3 is 2.84 bits per heavy atom. The Morgan fingerprint density at radius 1 is 1.53 bits per heavy atom. The van der Waals surface area contributed by atoms with E-state index in [1.54, 1.807) is 9.58 Å². The van der Waals surface area contributed by atoms with Crippen molar-refractivity contribution in [2.45, 2.75) is 32.4 Å². The molecule has 0 saturated carbocycles. The molecule has 0 atom stereocenters. The van der Waals surface area contributed by atoms with Crippen LogP contribution in [0.25, 0.3) is 0 Å². The first-order valence-corrected chi connectivity index (χ1v) is 6.69. The summed E-state index contributed by atoms with van der Waals surface area (Å²) in [4.78, 5) is 13.3. The van der Waals surface area contributed by atoms with Gasteiger partial charge < -0.3 is 15.0 Å². The van der Waals surface area contributed by atoms with Gasteiger partial charge in [-0.15, -0.1) is 5.10 Å². The number of nitrogens with one attached hydrogen (secondary N) is 1. The van der Waals surface area contributed by atoms with Gasteiger partial charge >= 0.3 is 6.09 Å². The maximum atomic E-state index is 11.5. The molecule has 7 heteroatoms. The number of piperidine rings is 1. The van der Waals surface area contributed by atoms with Crippen LogP contribution in [0.2, 0.25) is 0 Å². The Kier molecular flexibility index (Phi) is 4.73. The molecule has 0 spiro atoms. The fraction of sp³-hybridized carbons (Fsp3) is 0.750. The summed E-state index contributed by atoms with van der Waals surface area (Å²) in [6, 6.07) is 0.424. The molecule has 2 rings (SSSR count). The molecule has 1 aliphatic rings. The molecule has 0 bridgehead atoms. The van der Waals surface area contributed by atoms with Crippen molar-refractivity contribution in [2.75, 3.05) is 19.7 Å². The quantitative estimate of drug-likeness (QED) is 0.861. The van der Waals surface area contributed by atoms with E-state index in [9.17, 15) is 4.79 Å². The SMILES string of the molecule is CCOC(=O)N1CCC(NCc2cn(C)nn2)CC1. The highest BCUT2D eigenvalue weighted by Gasteiger charge is 2.23. The zero-order valence-electron chi connectivity index (χ0n) is 11.5. The number of likely N-dealkylation sites (tertiary alicyclic amines) is 1. The van der Waals surface area contributed by atoms with Crippen LogP contribution in [-0.4, -0.2) is 51.7 Å². The number of carbonyl (C=O) groups excluding carboxylic acids is 1. The molecule has 0 aliphatic carbocycles. The lowest BCUT2D eigenvalue weighted by Crippen LogP contribution is -2.44. The predicted octanol–water partition coefficient (Wildman–Crippen LogP) is 0.526. The molecule has 1 saturated heterocycles. The fourth-order valence-corrected chi connectivity index (χ4v) is 2.21. The lowest BCUT2D eigenvalue weighted by molar-refractivity contribution is 0.0949. The zero-order valence-corrected chi connectivity index (χ0v) is 11.5. The molecule has 106 valence electrons. The van der Waals surface area contributed by atoms with Gasteiger partial charge in [-0.3, -0.25) is 4.68 Å². The summed E-state index contributed by atoms with van der Waals surface area (Å²) in [6.45, 7) is 4.47. The van der Waals surface area contributed by atoms with Gasteiger partial charge in [-0.05, 0) is 19.8 Å². The van der Waals surface area contributed by atoms with Crippen LogP contribution in [0.3, 0.4) is 0 Å². The fourth-order valence-electron chi connectivity index (χ4n) is 2.21. The van der Waals surface area contributed by atoms with Crippen LogP contribution >= 0.6 is 0 Å². The molecule has 0 radical (unpaired) electrons. The second-order valence-corrected chi connectivity index (χ2v) is 4.72. The third-order valence-corrected chi connectivity index (χ3v) is 3.24. The van der Waals surface area contributed by atoms with Crippen LogP contribution in [0.1, 0.15) is 25.5 Å². The number of carbonyl (C=O) groups is 1. The molecule has 1 aromatic rings. The van der Waals surface area contributed by atoms with E-state index in [1.165, 1.54) is 0 Å². The number of hydrogen-bond acceptors (Lipinski definition) is 5. The van der Waals surface area contributed by atoms with Gasteiger partial charge in [0, 0.05) is 38.9 Å². The third-order valence-electron chi connectivity index (χ3n) is 3.24. The second kappa shape index (κ2) is 6.51. The summed E-state index contributed by atoms with van der Waals surface area (Å²) in [5.74, 6) is 0.